The van der Waals surface area contributed by atoms with Gasteiger partial charge in [-0.1, -0.05) is 38.1 Å². The van der Waals surface area contributed by atoms with Crippen molar-refractivity contribution in [1.29, 1.82) is 0 Å². The normalized spacial score (nSPS) is 10.4. The summed E-state index contributed by atoms with van der Waals surface area (Å²) in [4.78, 5) is 12.1. The summed E-state index contributed by atoms with van der Waals surface area (Å²) in [6, 6.07) is 15.6. The van der Waals surface area contributed by atoms with Gasteiger partial charge in [0.15, 0.2) is 0 Å². The highest BCUT2D eigenvalue weighted by Crippen LogP contribution is 2.12. The van der Waals surface area contributed by atoms with E-state index in [1.165, 1.54) is 11.1 Å². The molecule has 0 saturated heterocycles. The van der Waals surface area contributed by atoms with Crippen molar-refractivity contribution in [1.82, 2.24) is 5.32 Å². The number of nitrogens with one attached hydrogen (secondary N) is 2. The number of rotatable bonds is 6. The molecule has 0 fully saturated rings. The molecule has 0 aliphatic carbocycles. The number of anilines is 1. The molecule has 0 radical (unpaired) electrons. The SMILES string of the molecule is CCNCc1ccc(NC(=O)c2ccc(CC)cc2)cc1. The summed E-state index contributed by atoms with van der Waals surface area (Å²) in [6.45, 7) is 5.98. The van der Waals surface area contributed by atoms with Crippen LogP contribution in [-0.4, -0.2) is 12.5 Å². The van der Waals surface area contributed by atoms with Gasteiger partial charge in [0.2, 0.25) is 0 Å². The van der Waals surface area contributed by atoms with Crippen LogP contribution in [0.4, 0.5) is 5.69 Å². The van der Waals surface area contributed by atoms with Crippen molar-refractivity contribution in [2.45, 2.75) is 26.8 Å². The lowest BCUT2D eigenvalue weighted by Gasteiger charge is -2.07. The number of carbonyl (C=O) groups is 1. The van der Waals surface area contributed by atoms with Crippen LogP contribution >= 0.6 is 0 Å². The maximum Gasteiger partial charge on any atom is 0.255 e. The first-order valence-corrected chi connectivity index (χ1v) is 7.43. The van der Waals surface area contributed by atoms with E-state index in [0.29, 0.717) is 5.56 Å². The number of hydrogen-bond acceptors (Lipinski definition) is 2. The van der Waals surface area contributed by atoms with Gasteiger partial charge < -0.3 is 10.6 Å². The summed E-state index contributed by atoms with van der Waals surface area (Å²) >= 11 is 0. The van der Waals surface area contributed by atoms with Crippen LogP contribution in [0.2, 0.25) is 0 Å². The van der Waals surface area contributed by atoms with Crippen molar-refractivity contribution in [3.05, 3.63) is 65.2 Å². The third kappa shape index (κ3) is 4.43. The first-order chi connectivity index (χ1) is 10.2. The zero-order valence-corrected chi connectivity index (χ0v) is 12.6. The topological polar surface area (TPSA) is 41.1 Å². The lowest BCUT2D eigenvalue weighted by molar-refractivity contribution is 0.102. The molecular formula is C18H22N2O. The molecule has 0 atom stereocenters. The van der Waals surface area contributed by atoms with E-state index in [0.717, 1.165) is 25.2 Å². The summed E-state index contributed by atoms with van der Waals surface area (Å²) in [6.07, 6.45) is 0.981. The lowest BCUT2D eigenvalue weighted by atomic mass is 10.1. The van der Waals surface area contributed by atoms with Gasteiger partial charge in [-0.15, -0.1) is 0 Å². The molecule has 3 heteroatoms. The molecule has 3 nitrogen and oxygen atoms in total. The van der Waals surface area contributed by atoms with E-state index in [9.17, 15) is 4.79 Å². The highest BCUT2D eigenvalue weighted by atomic mass is 16.1. The molecule has 2 rings (SSSR count). The van der Waals surface area contributed by atoms with Crippen molar-refractivity contribution < 1.29 is 4.79 Å². The fourth-order valence-corrected chi connectivity index (χ4v) is 2.07. The molecule has 0 heterocycles. The van der Waals surface area contributed by atoms with Crippen LogP contribution in [0.25, 0.3) is 0 Å². The van der Waals surface area contributed by atoms with E-state index in [-0.39, 0.29) is 5.91 Å². The number of amides is 1. The molecule has 0 bridgehead atoms. The number of carbonyl (C=O) groups excluding carboxylic acids is 1. The second-order valence-electron chi connectivity index (χ2n) is 4.98. The summed E-state index contributed by atoms with van der Waals surface area (Å²) in [5.74, 6) is -0.0721. The van der Waals surface area contributed by atoms with Crippen LogP contribution in [0.3, 0.4) is 0 Å². The van der Waals surface area contributed by atoms with Gasteiger partial charge in [0.05, 0.1) is 0 Å². The molecule has 110 valence electrons. The van der Waals surface area contributed by atoms with E-state index in [4.69, 9.17) is 0 Å². The molecule has 2 aromatic carbocycles. The van der Waals surface area contributed by atoms with Crippen molar-refractivity contribution in [3.8, 4) is 0 Å². The van der Waals surface area contributed by atoms with Crippen molar-refractivity contribution in [2.24, 2.45) is 0 Å². The van der Waals surface area contributed by atoms with Gasteiger partial charge >= 0.3 is 0 Å². The highest BCUT2D eigenvalue weighted by Gasteiger charge is 2.05. The van der Waals surface area contributed by atoms with Crippen LogP contribution in [0, 0.1) is 0 Å². The molecule has 0 unspecified atom stereocenters. The van der Waals surface area contributed by atoms with Gasteiger partial charge in [-0.05, 0) is 48.4 Å². The predicted octanol–water partition coefficient (Wildman–Crippen LogP) is 3.61. The van der Waals surface area contributed by atoms with Crippen molar-refractivity contribution in [3.63, 3.8) is 0 Å². The van der Waals surface area contributed by atoms with E-state index in [2.05, 4.69) is 24.5 Å². The van der Waals surface area contributed by atoms with Crippen molar-refractivity contribution in [2.75, 3.05) is 11.9 Å². The van der Waals surface area contributed by atoms with Gasteiger partial charge in [0, 0.05) is 17.8 Å². The Hall–Kier alpha value is -2.13. The Morgan fingerprint density at radius 2 is 1.52 bits per heavy atom. The molecule has 1 amide bonds. The standard InChI is InChI=1S/C18H22N2O/c1-3-14-5-9-16(10-6-14)18(21)20-17-11-7-15(8-12-17)13-19-4-2/h5-12,19H,3-4,13H2,1-2H3,(H,20,21). The molecule has 0 aromatic heterocycles. The Kier molecular flexibility index (Phi) is 5.52. The lowest BCUT2D eigenvalue weighted by Crippen LogP contribution is -2.13. The van der Waals surface area contributed by atoms with Gasteiger partial charge in [0.1, 0.15) is 0 Å². The third-order valence-corrected chi connectivity index (χ3v) is 3.42. The summed E-state index contributed by atoms with van der Waals surface area (Å²) in [7, 11) is 0. The average molecular weight is 282 g/mol. The van der Waals surface area contributed by atoms with E-state index < -0.39 is 0 Å². The average Bonchev–Trinajstić information content (AvgIpc) is 2.54. The Labute approximate surface area is 126 Å². The van der Waals surface area contributed by atoms with E-state index >= 15 is 0 Å². The maximum absolute atomic E-state index is 12.1. The van der Waals surface area contributed by atoms with Gasteiger partial charge in [0.25, 0.3) is 5.91 Å². The predicted molar refractivity (Wildman–Crippen MR) is 87.6 cm³/mol. The van der Waals surface area contributed by atoms with Gasteiger partial charge in [-0.3, -0.25) is 4.79 Å². The summed E-state index contributed by atoms with van der Waals surface area (Å²) in [5.41, 5.74) is 3.95. The van der Waals surface area contributed by atoms with Crippen LogP contribution in [-0.2, 0) is 13.0 Å². The zero-order chi connectivity index (χ0) is 15.1. The Morgan fingerprint density at radius 1 is 0.905 bits per heavy atom. The summed E-state index contributed by atoms with van der Waals surface area (Å²) < 4.78 is 0. The fourth-order valence-electron chi connectivity index (χ4n) is 2.07. The Morgan fingerprint density at radius 3 is 2.10 bits per heavy atom. The van der Waals surface area contributed by atoms with E-state index in [1.54, 1.807) is 0 Å². The molecule has 0 spiro atoms. The van der Waals surface area contributed by atoms with Crippen LogP contribution < -0.4 is 10.6 Å². The second kappa shape index (κ2) is 7.60. The molecule has 0 aliphatic heterocycles. The maximum atomic E-state index is 12.1. The molecular weight excluding hydrogens is 260 g/mol. The smallest absolute Gasteiger partial charge is 0.255 e. The molecule has 2 aromatic rings. The van der Waals surface area contributed by atoms with Gasteiger partial charge in [-0.25, -0.2) is 0 Å². The first-order valence-electron chi connectivity index (χ1n) is 7.43. The quantitative estimate of drug-likeness (QED) is 0.849. The number of hydrogen-bond donors (Lipinski definition) is 2. The van der Waals surface area contributed by atoms with Gasteiger partial charge in [-0.2, -0.15) is 0 Å². The largest absolute Gasteiger partial charge is 0.322 e. The Balaban J connectivity index is 1.98. The molecule has 0 saturated carbocycles. The minimum atomic E-state index is -0.0721. The minimum Gasteiger partial charge on any atom is -0.322 e. The van der Waals surface area contributed by atoms with Crippen LogP contribution in [0.15, 0.2) is 48.5 Å². The van der Waals surface area contributed by atoms with E-state index in [1.807, 2.05) is 48.5 Å². The fraction of sp³-hybridized carbons (Fsp3) is 0.278. The number of benzene rings is 2. The van der Waals surface area contributed by atoms with Crippen molar-refractivity contribution >= 4 is 11.6 Å². The Bertz CT molecular complexity index is 573. The zero-order valence-electron chi connectivity index (χ0n) is 12.6. The third-order valence-electron chi connectivity index (χ3n) is 3.42. The first kappa shape index (κ1) is 15.3. The second-order valence-corrected chi connectivity index (χ2v) is 4.98. The van der Waals surface area contributed by atoms with Crippen LogP contribution in [0.5, 0.6) is 0 Å². The number of aryl methyl sites for hydroxylation is 1. The molecule has 0 aliphatic rings. The molecule has 2 N–H and O–H groups in total. The molecule has 21 heavy (non-hydrogen) atoms. The minimum absolute atomic E-state index is 0.0721. The highest BCUT2D eigenvalue weighted by molar-refractivity contribution is 6.04. The summed E-state index contributed by atoms with van der Waals surface area (Å²) in [5, 5.41) is 6.19. The van der Waals surface area contributed by atoms with Crippen LogP contribution in [0.1, 0.15) is 35.3 Å². The monoisotopic (exact) mass is 282 g/mol.